The van der Waals surface area contributed by atoms with Gasteiger partial charge < -0.3 is 40.9 Å². The maximum absolute atomic E-state index is 15.2. The van der Waals surface area contributed by atoms with Crippen molar-refractivity contribution >= 4 is 87.5 Å². The third-order valence-electron chi connectivity index (χ3n) is 13.9. The summed E-state index contributed by atoms with van der Waals surface area (Å²) in [5, 5.41) is 111. The summed E-state index contributed by atoms with van der Waals surface area (Å²) in [6, 6.07) is 5.65. The molecule has 4 aromatic carbocycles. The number of hydrogen-bond acceptors (Lipinski definition) is 20. The Bertz CT molecular complexity index is 2790. The van der Waals surface area contributed by atoms with Gasteiger partial charge in [-0.25, -0.2) is 0 Å². The van der Waals surface area contributed by atoms with E-state index in [0.29, 0.717) is 25.7 Å². The van der Waals surface area contributed by atoms with Crippen LogP contribution in [0.5, 0.6) is 46.0 Å². The second-order valence-electron chi connectivity index (χ2n) is 19.6. The fourth-order valence-electron chi connectivity index (χ4n) is 10.1. The van der Waals surface area contributed by atoms with Gasteiger partial charge in [-0.3, -0.25) is 18.2 Å². The van der Waals surface area contributed by atoms with Gasteiger partial charge in [0.15, 0.2) is 0 Å². The number of thioether (sulfide) groups is 4. The molecule has 84 heavy (non-hydrogen) atoms. The fourth-order valence-corrected chi connectivity index (χ4v) is 17.8. The van der Waals surface area contributed by atoms with Gasteiger partial charge in [-0.2, -0.15) is 80.7 Å². The fraction of sp³-hybridized carbons (Fsp3) is 0.538. The molecule has 0 saturated heterocycles. The molecule has 0 aromatic heterocycles. The molecule has 1 aliphatic carbocycles. The van der Waals surface area contributed by atoms with E-state index in [-0.39, 0.29) is 257 Å². The van der Waals surface area contributed by atoms with Crippen molar-refractivity contribution in [1.29, 1.82) is 0 Å². The van der Waals surface area contributed by atoms with Crippen LogP contribution in [0.15, 0.2) is 24.3 Å². The molecule has 8 N–H and O–H groups in total. The van der Waals surface area contributed by atoms with E-state index in [0.717, 1.165) is 47.0 Å². The van der Waals surface area contributed by atoms with Crippen LogP contribution in [0.4, 0.5) is 0 Å². The quantitative estimate of drug-likeness (QED) is 0.0151. The number of phenols is 4. The SMILES string of the molecule is CCCC1c2cc(c([O-])c(CSCCS(=O)(=O)O)c2[O-])[C@H](CCC)c2cc(c(O)c(CSCCS(=O)(=O)O)c2O)C(CCC)c2cc(c(O)c(CSCCS(=O)(=O)O)c2O)[C@@H](CCC)c2cc1c([O-])c(CSCCS(=O)(=O)O)c2[O-].[Na+].[Na+].[Na+].[Na+]. The maximum atomic E-state index is 15.2. The average molecular weight is 1360 g/mol. The predicted octanol–water partition coefficient (Wildman–Crippen LogP) is -4.66. The molecule has 0 saturated carbocycles. The molecule has 4 aromatic rings. The molecule has 5 rings (SSSR count). The molecule has 0 spiro atoms. The Hall–Kier alpha value is 0.320. The average Bonchev–Trinajstić information content (AvgIpc) is 3.35. The molecule has 0 fully saturated rings. The van der Waals surface area contributed by atoms with Gasteiger partial charge in [0.25, 0.3) is 40.5 Å². The number of hydrogen-bond donors (Lipinski definition) is 8. The molecule has 0 radical (unpaired) electrons. The van der Waals surface area contributed by atoms with Crippen molar-refractivity contribution in [2.45, 2.75) is 126 Å². The normalized spacial score (nSPS) is 16.2. The van der Waals surface area contributed by atoms with Crippen LogP contribution in [0.3, 0.4) is 0 Å². The van der Waals surface area contributed by atoms with Crippen LogP contribution >= 0.6 is 47.0 Å². The van der Waals surface area contributed by atoms with E-state index in [1.807, 2.05) is 0 Å². The Morgan fingerprint density at radius 2 is 0.524 bits per heavy atom. The maximum Gasteiger partial charge on any atom is 1.00 e. The van der Waals surface area contributed by atoms with E-state index in [4.69, 9.17) is 0 Å². The van der Waals surface area contributed by atoms with Gasteiger partial charge in [0.2, 0.25) is 0 Å². The van der Waals surface area contributed by atoms with Gasteiger partial charge in [-0.15, -0.1) is 23.0 Å². The largest absolute Gasteiger partial charge is 1.00 e. The zero-order chi connectivity index (χ0) is 59.7. The molecule has 0 aliphatic heterocycles. The predicted molar refractivity (Wildman–Crippen MR) is 308 cm³/mol. The molecule has 0 unspecified atom stereocenters. The van der Waals surface area contributed by atoms with Gasteiger partial charge >= 0.3 is 118 Å². The number of benzene rings is 4. The smallest absolute Gasteiger partial charge is 0.872 e. The summed E-state index contributed by atoms with van der Waals surface area (Å²) in [6.07, 6.45) is 1.60. The summed E-state index contributed by atoms with van der Waals surface area (Å²) < 4.78 is 133. The first kappa shape index (κ1) is 82.3. The molecule has 0 heterocycles. The minimum Gasteiger partial charge on any atom is -0.872 e. The summed E-state index contributed by atoms with van der Waals surface area (Å²) >= 11 is 3.57. The minimum atomic E-state index is -4.48. The third kappa shape index (κ3) is 22.3. The van der Waals surface area contributed by atoms with Crippen LogP contribution in [0, 0.1) is 0 Å². The number of rotatable bonds is 28. The molecule has 1 aliphatic rings. The molecule has 448 valence electrons. The van der Waals surface area contributed by atoms with Gasteiger partial charge in [-0.05, 0) is 60.1 Å². The van der Waals surface area contributed by atoms with Crippen molar-refractivity contribution in [3.8, 4) is 46.0 Å². The van der Waals surface area contributed by atoms with Crippen molar-refractivity contribution < 1.29 is 211 Å². The first-order valence-corrected chi connectivity index (χ1v) is 36.8. The molecule has 32 heteroatoms. The van der Waals surface area contributed by atoms with Crippen molar-refractivity contribution in [1.82, 2.24) is 0 Å². The Balaban J connectivity index is 0.00000882. The Morgan fingerprint density at radius 1 is 0.345 bits per heavy atom. The molecule has 20 nitrogen and oxygen atoms in total. The molecule has 2 atom stereocenters. The van der Waals surface area contributed by atoms with Crippen LogP contribution in [-0.2, 0) is 63.5 Å². The Labute approximate surface area is 599 Å². The van der Waals surface area contributed by atoms with Crippen LogP contribution in [0.1, 0.15) is 169 Å². The first-order chi connectivity index (χ1) is 37.4. The summed E-state index contributed by atoms with van der Waals surface area (Å²) in [5.74, 6) is -15.0. The number of fused-ring (bicyclic) bond motifs is 8. The Morgan fingerprint density at radius 3 is 0.726 bits per heavy atom. The molecule has 8 bridgehead atoms. The summed E-state index contributed by atoms with van der Waals surface area (Å²) in [4.78, 5) is 0. The van der Waals surface area contributed by atoms with Crippen molar-refractivity contribution in [3.63, 3.8) is 0 Å². The van der Waals surface area contributed by atoms with E-state index in [2.05, 4.69) is 0 Å². The van der Waals surface area contributed by atoms with Crippen LogP contribution in [0.2, 0.25) is 0 Å². The Kier molecular flexibility index (Phi) is 35.8. The zero-order valence-electron chi connectivity index (χ0n) is 48.5. The van der Waals surface area contributed by atoms with Gasteiger partial charge in [0.05, 0.1) is 23.0 Å². The molecular weight excluding hydrogens is 1290 g/mol. The van der Waals surface area contributed by atoms with Crippen molar-refractivity contribution in [2.24, 2.45) is 0 Å². The first-order valence-electron chi connectivity index (χ1n) is 25.7. The van der Waals surface area contributed by atoms with Crippen LogP contribution in [0.25, 0.3) is 0 Å². The van der Waals surface area contributed by atoms with E-state index in [9.17, 15) is 72.3 Å². The van der Waals surface area contributed by atoms with Crippen LogP contribution in [-0.4, -0.2) is 118 Å². The standard InChI is InChI=1S/C52H72O20S8.4Na/c1-5-9-29-33-21-35(47(55)41(45(33)53)25-73-13-17-77(61,62)63)30(10-6-2)37-23-39(51(59)43(49(37)57)27-75-15-19-79(67,68)69)32(12-8-4)40-24-38(50(58)44(52(40)60)28-76-16-20-80(70,71)72)31(11-7-3)36-22-34(29)46(54)42(48(36)56)26-74-14-18-78(64,65)66;;;;/h21-24,29-32,53-60H,5-20,25-28H2,1-4H3,(H,61,62,63)(H,64,65,66)(H,67,68,69)(H,70,71,72);;;;/q;4*+1/p-4/t29-,30?,31?,32-;;;;. The number of aromatic hydroxyl groups is 4. The topological polar surface area (TPSA) is 391 Å². The van der Waals surface area contributed by atoms with Gasteiger partial charge in [-0.1, -0.05) is 76.6 Å². The zero-order valence-corrected chi connectivity index (χ0v) is 63.0. The van der Waals surface area contributed by atoms with Crippen molar-refractivity contribution in [2.75, 3.05) is 46.0 Å². The van der Waals surface area contributed by atoms with Gasteiger partial charge in [0, 0.05) is 103 Å². The summed E-state index contributed by atoms with van der Waals surface area (Å²) in [5.41, 5.74) is -0.969. The number of phenolic OH excluding ortho intramolecular Hbond substituents is 4. The summed E-state index contributed by atoms with van der Waals surface area (Å²) in [6.45, 7) is 7.14. The van der Waals surface area contributed by atoms with Gasteiger partial charge in [0.1, 0.15) is 23.0 Å². The van der Waals surface area contributed by atoms with Crippen molar-refractivity contribution in [3.05, 3.63) is 91.0 Å². The van der Waals surface area contributed by atoms with E-state index in [1.54, 1.807) is 27.7 Å². The second kappa shape index (κ2) is 36.5. The summed E-state index contributed by atoms with van der Waals surface area (Å²) in [7, 11) is -17.9. The monoisotopic (exact) mass is 1360 g/mol. The minimum absolute atomic E-state index is 0. The van der Waals surface area contributed by atoms with E-state index in [1.165, 1.54) is 24.3 Å². The van der Waals surface area contributed by atoms with Crippen LogP contribution < -0.4 is 139 Å². The van der Waals surface area contributed by atoms with E-state index < -0.39 is 133 Å². The second-order valence-corrected chi connectivity index (χ2v) is 30.3. The van der Waals surface area contributed by atoms with E-state index >= 15 is 20.4 Å². The third-order valence-corrected chi connectivity index (χ3v) is 21.7. The molecule has 0 amide bonds. The molecular formula is C52H68Na4O20S8.